The lowest BCUT2D eigenvalue weighted by Crippen LogP contribution is -2.34. The van der Waals surface area contributed by atoms with E-state index >= 15 is 0 Å². The highest BCUT2D eigenvalue weighted by molar-refractivity contribution is 6.04. The summed E-state index contributed by atoms with van der Waals surface area (Å²) in [6, 6.07) is 10.8. The smallest absolute Gasteiger partial charge is 0.274 e. The van der Waals surface area contributed by atoms with E-state index in [1.54, 1.807) is 24.3 Å². The number of carbonyl (C=O) groups is 1. The summed E-state index contributed by atoms with van der Waals surface area (Å²) in [6.45, 7) is 5.82. The molecule has 0 saturated heterocycles. The molecule has 3 aromatic rings. The van der Waals surface area contributed by atoms with Crippen LogP contribution in [0.4, 0.5) is 0 Å². The average Bonchev–Trinajstić information content (AvgIpc) is 2.72. The Bertz CT molecular complexity index is 1120. The van der Waals surface area contributed by atoms with Gasteiger partial charge in [0.05, 0.1) is 11.9 Å². The molecular weight excluding hydrogens is 370 g/mol. The molecule has 7 nitrogen and oxygen atoms in total. The number of aromatic nitrogens is 2. The van der Waals surface area contributed by atoms with Gasteiger partial charge in [-0.2, -0.15) is 5.10 Å². The number of hydrogen-bond acceptors (Lipinski definition) is 5. The van der Waals surface area contributed by atoms with E-state index < -0.39 is 12.0 Å². The van der Waals surface area contributed by atoms with Gasteiger partial charge in [-0.3, -0.25) is 9.59 Å². The number of nitrogens with one attached hydrogen (secondary N) is 1. The number of carbonyl (C=O) groups excluding carboxylic acids is 1. The van der Waals surface area contributed by atoms with Gasteiger partial charge in [-0.05, 0) is 43.5 Å². The summed E-state index contributed by atoms with van der Waals surface area (Å²) < 4.78 is 6.96. The number of aryl methyl sites for hydroxylation is 2. The van der Waals surface area contributed by atoms with Gasteiger partial charge in [0.15, 0.2) is 5.69 Å². The number of aliphatic hydroxyl groups is 1. The quantitative estimate of drug-likeness (QED) is 0.667. The highest BCUT2D eigenvalue weighted by Gasteiger charge is 2.18. The first-order chi connectivity index (χ1) is 13.8. The summed E-state index contributed by atoms with van der Waals surface area (Å²) in [6.07, 6.45) is -0.974. The maximum Gasteiger partial charge on any atom is 0.274 e. The first-order valence-electron chi connectivity index (χ1n) is 9.43. The molecule has 1 aromatic heterocycles. The Hall–Kier alpha value is -3.19. The molecule has 1 atom stereocenters. The van der Waals surface area contributed by atoms with Crippen molar-refractivity contribution in [2.45, 2.75) is 33.4 Å². The molecule has 0 bridgehead atoms. The predicted octanol–water partition coefficient (Wildman–Crippen LogP) is 2.12. The zero-order chi connectivity index (χ0) is 21.1. The van der Waals surface area contributed by atoms with Crippen LogP contribution in [0.25, 0.3) is 10.8 Å². The molecule has 0 fully saturated rings. The van der Waals surface area contributed by atoms with Crippen molar-refractivity contribution in [1.29, 1.82) is 0 Å². The molecule has 3 rings (SSSR count). The molecular formula is C22H25N3O4. The Kier molecular flexibility index (Phi) is 5.98. The summed E-state index contributed by atoms with van der Waals surface area (Å²) in [5, 5.41) is 18.1. The Morgan fingerprint density at radius 1 is 1.14 bits per heavy atom. The molecule has 1 amide bonds. The van der Waals surface area contributed by atoms with Crippen LogP contribution >= 0.6 is 0 Å². The molecule has 1 heterocycles. The second-order valence-electron chi connectivity index (χ2n) is 7.08. The number of amides is 1. The minimum atomic E-state index is -0.974. The van der Waals surface area contributed by atoms with Crippen molar-refractivity contribution in [3.63, 3.8) is 0 Å². The van der Waals surface area contributed by atoms with Gasteiger partial charge in [0.25, 0.3) is 11.5 Å². The van der Waals surface area contributed by atoms with E-state index in [2.05, 4.69) is 10.4 Å². The van der Waals surface area contributed by atoms with E-state index in [9.17, 15) is 14.7 Å². The van der Waals surface area contributed by atoms with E-state index in [1.807, 2.05) is 32.9 Å². The van der Waals surface area contributed by atoms with Gasteiger partial charge in [-0.25, -0.2) is 4.68 Å². The molecule has 7 heteroatoms. The van der Waals surface area contributed by atoms with E-state index in [0.717, 1.165) is 27.1 Å². The molecule has 0 radical (unpaired) electrons. The largest absolute Gasteiger partial charge is 0.490 e. The number of aliphatic hydroxyl groups excluding tert-OH is 1. The first-order valence-corrected chi connectivity index (χ1v) is 9.43. The number of hydrogen-bond donors (Lipinski definition) is 2. The molecule has 152 valence electrons. The molecule has 0 saturated carbocycles. The van der Waals surface area contributed by atoms with Crippen molar-refractivity contribution in [2.24, 2.45) is 0 Å². The van der Waals surface area contributed by atoms with Gasteiger partial charge in [0, 0.05) is 12.4 Å². The minimum Gasteiger partial charge on any atom is -0.490 e. The lowest BCUT2D eigenvalue weighted by Gasteiger charge is -2.18. The van der Waals surface area contributed by atoms with Gasteiger partial charge >= 0.3 is 0 Å². The molecule has 2 aromatic carbocycles. The summed E-state index contributed by atoms with van der Waals surface area (Å²) in [7, 11) is 1.50. The van der Waals surface area contributed by atoms with Gasteiger partial charge in [0.2, 0.25) is 0 Å². The third kappa shape index (κ3) is 4.14. The van der Waals surface area contributed by atoms with Crippen LogP contribution in [-0.2, 0) is 6.54 Å². The van der Waals surface area contributed by atoms with Crippen LogP contribution < -0.4 is 15.6 Å². The fourth-order valence-electron chi connectivity index (χ4n) is 3.22. The van der Waals surface area contributed by atoms with Crippen molar-refractivity contribution in [3.8, 4) is 5.75 Å². The third-order valence-corrected chi connectivity index (χ3v) is 4.99. The number of nitrogens with zero attached hydrogens (tertiary/aromatic N) is 2. The summed E-state index contributed by atoms with van der Waals surface area (Å²) in [4.78, 5) is 25.0. The van der Waals surface area contributed by atoms with Crippen molar-refractivity contribution in [1.82, 2.24) is 15.1 Å². The number of rotatable bonds is 6. The number of benzene rings is 2. The molecule has 29 heavy (non-hydrogen) atoms. The third-order valence-electron chi connectivity index (χ3n) is 4.99. The Balaban J connectivity index is 1.86. The maximum absolute atomic E-state index is 12.8. The summed E-state index contributed by atoms with van der Waals surface area (Å²) in [5.41, 5.74) is 2.86. The number of fused-ring (bicyclic) bond motifs is 1. The van der Waals surface area contributed by atoms with Crippen LogP contribution in [0, 0.1) is 20.8 Å². The summed E-state index contributed by atoms with van der Waals surface area (Å²) >= 11 is 0. The monoisotopic (exact) mass is 395 g/mol. The summed E-state index contributed by atoms with van der Waals surface area (Å²) in [5.74, 6) is 0.334. The fraction of sp³-hybridized carbons (Fsp3) is 0.318. The average molecular weight is 395 g/mol. The van der Waals surface area contributed by atoms with E-state index in [0.29, 0.717) is 10.8 Å². The molecule has 0 aliphatic heterocycles. The zero-order valence-electron chi connectivity index (χ0n) is 17.0. The maximum atomic E-state index is 12.8. The first kappa shape index (κ1) is 20.5. The SMILES string of the molecule is CNC(=O)c1nn(CC(O)COc2c(C)ccc(C)c2C)c(=O)c2ccccc12. The van der Waals surface area contributed by atoms with Crippen LogP contribution in [0.2, 0.25) is 0 Å². The molecule has 0 aliphatic rings. The second-order valence-corrected chi connectivity index (χ2v) is 7.08. The van der Waals surface area contributed by atoms with Crippen LogP contribution in [0.1, 0.15) is 27.2 Å². The Morgan fingerprint density at radius 3 is 2.48 bits per heavy atom. The normalized spacial score (nSPS) is 12.0. The van der Waals surface area contributed by atoms with E-state index in [4.69, 9.17) is 4.74 Å². The van der Waals surface area contributed by atoms with Crippen molar-refractivity contribution >= 4 is 16.7 Å². The molecule has 0 spiro atoms. The lowest BCUT2D eigenvalue weighted by atomic mass is 10.1. The standard InChI is InChI=1S/C22H25N3O4/c1-13-9-10-14(2)20(15(13)3)29-12-16(26)11-25-22(28)18-8-6-5-7-17(18)19(24-25)21(27)23-4/h5-10,16,26H,11-12H2,1-4H3,(H,23,27). The molecule has 2 N–H and O–H groups in total. The van der Waals surface area contributed by atoms with Crippen LogP contribution in [0.3, 0.4) is 0 Å². The Labute approximate surface area is 168 Å². The van der Waals surface area contributed by atoms with Gasteiger partial charge in [-0.15, -0.1) is 0 Å². The zero-order valence-corrected chi connectivity index (χ0v) is 17.0. The lowest BCUT2D eigenvalue weighted by molar-refractivity contribution is 0.0861. The van der Waals surface area contributed by atoms with Crippen molar-refractivity contribution in [2.75, 3.05) is 13.7 Å². The van der Waals surface area contributed by atoms with Crippen molar-refractivity contribution in [3.05, 3.63) is 69.1 Å². The topological polar surface area (TPSA) is 93.5 Å². The number of ether oxygens (including phenoxy) is 1. The van der Waals surface area contributed by atoms with Crippen LogP contribution in [0.5, 0.6) is 5.75 Å². The van der Waals surface area contributed by atoms with Crippen molar-refractivity contribution < 1.29 is 14.6 Å². The van der Waals surface area contributed by atoms with Gasteiger partial charge < -0.3 is 15.2 Å². The predicted molar refractivity (Wildman–Crippen MR) is 112 cm³/mol. The van der Waals surface area contributed by atoms with Gasteiger partial charge in [-0.1, -0.05) is 30.3 Å². The van der Waals surface area contributed by atoms with Gasteiger partial charge in [0.1, 0.15) is 18.5 Å². The Morgan fingerprint density at radius 2 is 1.79 bits per heavy atom. The second kappa shape index (κ2) is 8.45. The van der Waals surface area contributed by atoms with Crippen LogP contribution in [-0.4, -0.2) is 40.6 Å². The molecule has 0 aliphatic carbocycles. The molecule has 1 unspecified atom stereocenters. The van der Waals surface area contributed by atoms with E-state index in [1.165, 1.54) is 7.05 Å². The fourth-order valence-corrected chi connectivity index (χ4v) is 3.22. The highest BCUT2D eigenvalue weighted by Crippen LogP contribution is 2.25. The highest BCUT2D eigenvalue weighted by atomic mass is 16.5. The van der Waals surface area contributed by atoms with Crippen LogP contribution in [0.15, 0.2) is 41.2 Å². The van der Waals surface area contributed by atoms with E-state index in [-0.39, 0.29) is 24.4 Å². The minimum absolute atomic E-state index is 0.00138.